The number of halogens is 3. The minimum atomic E-state index is -4.47. The average molecular weight is 298 g/mol. The summed E-state index contributed by atoms with van der Waals surface area (Å²) < 4.78 is 37.2. The lowest BCUT2D eigenvalue weighted by atomic mass is 10.1. The number of nitrogens with one attached hydrogen (secondary N) is 1. The van der Waals surface area contributed by atoms with Gasteiger partial charge in [-0.15, -0.1) is 0 Å². The van der Waals surface area contributed by atoms with Crippen molar-refractivity contribution in [2.75, 3.05) is 5.32 Å². The molecule has 1 heterocycles. The van der Waals surface area contributed by atoms with Gasteiger partial charge in [0.05, 0.1) is 11.9 Å². The van der Waals surface area contributed by atoms with Gasteiger partial charge in [-0.05, 0) is 36.8 Å². The molecule has 0 saturated carbocycles. The molecule has 1 aromatic heterocycles. The third-order valence-electron chi connectivity index (χ3n) is 2.86. The molecule has 0 amide bonds. The third-order valence-corrected chi connectivity index (χ3v) is 2.86. The van der Waals surface area contributed by atoms with Crippen LogP contribution in [0, 0.1) is 0 Å². The zero-order valence-electron chi connectivity index (χ0n) is 11.0. The van der Waals surface area contributed by atoms with Gasteiger partial charge in [0, 0.05) is 12.1 Å². The number of anilines is 1. The molecule has 1 atom stereocenters. The van der Waals surface area contributed by atoms with Gasteiger partial charge in [-0.1, -0.05) is 0 Å². The highest BCUT2D eigenvalue weighted by Gasteiger charge is 2.32. The van der Waals surface area contributed by atoms with Gasteiger partial charge in [0.1, 0.15) is 17.2 Å². The predicted octanol–water partition coefficient (Wildman–Crippen LogP) is 3.68. The largest absolute Gasteiger partial charge is 0.508 e. The monoisotopic (exact) mass is 298 g/mol. The van der Waals surface area contributed by atoms with Crippen molar-refractivity contribution in [3.05, 3.63) is 47.8 Å². The van der Waals surface area contributed by atoms with Crippen LogP contribution in [0.2, 0.25) is 0 Å². The van der Waals surface area contributed by atoms with E-state index in [-0.39, 0.29) is 17.5 Å². The summed E-state index contributed by atoms with van der Waals surface area (Å²) in [5.74, 6) is -0.187. The summed E-state index contributed by atoms with van der Waals surface area (Å²) in [4.78, 5) is 3.35. The van der Waals surface area contributed by atoms with Crippen LogP contribution in [0.5, 0.6) is 11.5 Å². The SMILES string of the molecule is CC(Nc1ccc(C(F)(F)F)nc1)c1cc(O)cc(O)c1. The highest BCUT2D eigenvalue weighted by Crippen LogP contribution is 2.29. The first-order chi connectivity index (χ1) is 9.75. The second-order valence-corrected chi connectivity index (χ2v) is 4.58. The Hall–Kier alpha value is -2.44. The number of benzene rings is 1. The Balaban J connectivity index is 2.14. The minimum absolute atomic E-state index is 0.0933. The number of pyridine rings is 1. The van der Waals surface area contributed by atoms with Gasteiger partial charge in [-0.25, -0.2) is 4.98 Å². The van der Waals surface area contributed by atoms with Crippen molar-refractivity contribution in [3.8, 4) is 11.5 Å². The molecule has 3 N–H and O–H groups in total. The maximum absolute atomic E-state index is 12.4. The van der Waals surface area contributed by atoms with Crippen LogP contribution in [-0.4, -0.2) is 15.2 Å². The lowest BCUT2D eigenvalue weighted by molar-refractivity contribution is -0.141. The summed E-state index contributed by atoms with van der Waals surface area (Å²) in [5.41, 5.74) is 0.0291. The van der Waals surface area contributed by atoms with Crippen molar-refractivity contribution in [3.63, 3.8) is 0 Å². The fourth-order valence-electron chi connectivity index (χ4n) is 1.85. The third kappa shape index (κ3) is 3.77. The number of hydrogen-bond donors (Lipinski definition) is 3. The van der Waals surface area contributed by atoms with E-state index in [0.29, 0.717) is 11.3 Å². The first-order valence-electron chi connectivity index (χ1n) is 6.08. The Morgan fingerprint density at radius 2 is 1.71 bits per heavy atom. The number of nitrogens with zero attached hydrogens (tertiary/aromatic N) is 1. The highest BCUT2D eigenvalue weighted by atomic mass is 19.4. The molecule has 0 aliphatic heterocycles. The quantitative estimate of drug-likeness (QED) is 0.808. The van der Waals surface area contributed by atoms with Crippen molar-refractivity contribution in [2.24, 2.45) is 0 Å². The molecule has 21 heavy (non-hydrogen) atoms. The molecule has 0 aliphatic carbocycles. The second-order valence-electron chi connectivity index (χ2n) is 4.58. The van der Waals surface area contributed by atoms with Crippen molar-refractivity contribution in [2.45, 2.75) is 19.1 Å². The van der Waals surface area contributed by atoms with Gasteiger partial charge < -0.3 is 15.5 Å². The second kappa shape index (κ2) is 5.51. The van der Waals surface area contributed by atoms with E-state index in [2.05, 4.69) is 10.3 Å². The predicted molar refractivity (Wildman–Crippen MR) is 71.0 cm³/mol. The van der Waals surface area contributed by atoms with Crippen LogP contribution >= 0.6 is 0 Å². The van der Waals surface area contributed by atoms with Gasteiger partial charge in [-0.2, -0.15) is 13.2 Å². The van der Waals surface area contributed by atoms with E-state index in [0.717, 1.165) is 12.3 Å². The molecule has 0 spiro atoms. The average Bonchev–Trinajstić information content (AvgIpc) is 2.37. The zero-order valence-corrected chi connectivity index (χ0v) is 11.0. The topological polar surface area (TPSA) is 65.4 Å². The minimum Gasteiger partial charge on any atom is -0.508 e. The number of alkyl halides is 3. The summed E-state index contributed by atoms with van der Waals surface area (Å²) in [6.07, 6.45) is -3.39. The van der Waals surface area contributed by atoms with Crippen LogP contribution in [0.15, 0.2) is 36.5 Å². The molecule has 1 unspecified atom stereocenters. The van der Waals surface area contributed by atoms with Crippen molar-refractivity contribution in [1.29, 1.82) is 0 Å². The Morgan fingerprint density at radius 1 is 1.10 bits per heavy atom. The molecule has 2 rings (SSSR count). The summed E-state index contributed by atoms with van der Waals surface area (Å²) in [6.45, 7) is 1.74. The van der Waals surface area contributed by atoms with Crippen molar-refractivity contribution in [1.82, 2.24) is 4.98 Å². The molecule has 0 fully saturated rings. The van der Waals surface area contributed by atoms with E-state index < -0.39 is 11.9 Å². The Morgan fingerprint density at radius 3 is 2.19 bits per heavy atom. The van der Waals surface area contributed by atoms with Crippen LogP contribution in [0.4, 0.5) is 18.9 Å². The molecule has 4 nitrogen and oxygen atoms in total. The fourth-order valence-corrected chi connectivity index (χ4v) is 1.85. The van der Waals surface area contributed by atoms with Crippen molar-refractivity contribution >= 4 is 5.69 Å². The molecule has 0 bridgehead atoms. The molecule has 1 aromatic carbocycles. The smallest absolute Gasteiger partial charge is 0.433 e. The number of hydrogen-bond acceptors (Lipinski definition) is 4. The van der Waals surface area contributed by atoms with Crippen LogP contribution in [-0.2, 0) is 6.18 Å². The first-order valence-corrected chi connectivity index (χ1v) is 6.08. The Bertz CT molecular complexity index is 607. The molecule has 0 radical (unpaired) electrons. The zero-order chi connectivity index (χ0) is 15.6. The molecule has 0 saturated heterocycles. The van der Waals surface area contributed by atoms with Crippen LogP contribution in [0.25, 0.3) is 0 Å². The van der Waals surface area contributed by atoms with Gasteiger partial charge in [0.25, 0.3) is 0 Å². The molecule has 2 aromatic rings. The molecular formula is C14H13F3N2O2. The maximum atomic E-state index is 12.4. The summed E-state index contributed by atoms with van der Waals surface area (Å²) in [5, 5.41) is 21.8. The van der Waals surface area contributed by atoms with Crippen LogP contribution < -0.4 is 5.32 Å². The Labute approximate surface area is 118 Å². The number of aromatic nitrogens is 1. The Kier molecular flexibility index (Phi) is 3.93. The fraction of sp³-hybridized carbons (Fsp3) is 0.214. The van der Waals surface area contributed by atoms with E-state index in [1.807, 2.05) is 0 Å². The molecular weight excluding hydrogens is 285 g/mol. The van der Waals surface area contributed by atoms with Crippen molar-refractivity contribution < 1.29 is 23.4 Å². The van der Waals surface area contributed by atoms with Gasteiger partial charge in [0.15, 0.2) is 0 Å². The maximum Gasteiger partial charge on any atom is 0.433 e. The molecule has 7 heteroatoms. The van der Waals surface area contributed by atoms with Crippen LogP contribution in [0.3, 0.4) is 0 Å². The summed E-state index contributed by atoms with van der Waals surface area (Å²) >= 11 is 0. The van der Waals surface area contributed by atoms with Gasteiger partial charge in [0.2, 0.25) is 0 Å². The molecule has 0 aliphatic rings. The van der Waals surface area contributed by atoms with E-state index in [1.165, 1.54) is 24.3 Å². The normalized spacial score (nSPS) is 13.0. The molecule has 112 valence electrons. The standard InChI is InChI=1S/C14H13F3N2O2/c1-8(9-4-11(20)6-12(21)5-9)19-10-2-3-13(18-7-10)14(15,16)17/h2-8,19-21H,1H3. The van der Waals surface area contributed by atoms with E-state index >= 15 is 0 Å². The number of aromatic hydroxyl groups is 2. The highest BCUT2D eigenvalue weighted by molar-refractivity contribution is 5.46. The van der Waals surface area contributed by atoms with Crippen LogP contribution in [0.1, 0.15) is 24.2 Å². The van der Waals surface area contributed by atoms with Gasteiger partial charge in [-0.3, -0.25) is 0 Å². The van der Waals surface area contributed by atoms with E-state index in [4.69, 9.17) is 0 Å². The summed E-state index contributed by atoms with van der Waals surface area (Å²) in [6, 6.07) is 5.92. The lowest BCUT2D eigenvalue weighted by Gasteiger charge is -2.16. The number of phenols is 2. The first kappa shape index (κ1) is 15.0. The lowest BCUT2D eigenvalue weighted by Crippen LogP contribution is -2.10. The van der Waals surface area contributed by atoms with Gasteiger partial charge >= 0.3 is 6.18 Å². The summed E-state index contributed by atoms with van der Waals surface area (Å²) in [7, 11) is 0. The number of rotatable bonds is 3. The van der Waals surface area contributed by atoms with E-state index in [9.17, 15) is 23.4 Å². The van der Waals surface area contributed by atoms with E-state index in [1.54, 1.807) is 6.92 Å². The number of phenolic OH excluding ortho intramolecular Hbond substituents is 2.